The smallest absolute Gasteiger partial charge is 0.276 e. The minimum absolute atomic E-state index is 0.0470. The van der Waals surface area contributed by atoms with E-state index in [1.54, 1.807) is 6.07 Å². The fraction of sp³-hybridized carbons (Fsp3) is 0.286. The molecule has 162 valence electrons. The van der Waals surface area contributed by atoms with E-state index in [9.17, 15) is 19.2 Å². The molecule has 0 aromatic carbocycles. The second-order valence-corrected chi connectivity index (χ2v) is 9.46. The van der Waals surface area contributed by atoms with Gasteiger partial charge in [0.2, 0.25) is 0 Å². The van der Waals surface area contributed by atoms with Crippen LogP contribution in [-0.2, 0) is 12.8 Å². The van der Waals surface area contributed by atoms with Gasteiger partial charge in [-0.2, -0.15) is 0 Å². The molecule has 2 N–H and O–H groups in total. The standard InChI is InChI=1S/C21H17N5O4S2/c27-14-8-2-4-10-16(14)31-20(23-10)25-18(29)12-6-1-7-13(22-12)19(30)26-21-24-11-5-3-9-15(28)17(11)32-21/h1,6-7H,2-5,8-9H2,(H,23,25,29)(H,24,26,30). The highest BCUT2D eigenvalue weighted by Crippen LogP contribution is 2.31. The lowest BCUT2D eigenvalue weighted by molar-refractivity contribution is 0.0968. The highest BCUT2D eigenvalue weighted by molar-refractivity contribution is 7.18. The minimum Gasteiger partial charge on any atom is -0.296 e. The molecular weight excluding hydrogens is 450 g/mol. The van der Waals surface area contributed by atoms with E-state index >= 15 is 0 Å². The number of amides is 2. The molecule has 3 heterocycles. The van der Waals surface area contributed by atoms with E-state index in [0.29, 0.717) is 57.1 Å². The number of hydrogen-bond acceptors (Lipinski definition) is 9. The van der Waals surface area contributed by atoms with Crippen molar-refractivity contribution in [2.75, 3.05) is 10.6 Å². The molecular formula is C21H17N5O4S2. The van der Waals surface area contributed by atoms with Crippen LogP contribution in [0.4, 0.5) is 10.3 Å². The molecule has 2 aliphatic rings. The molecule has 9 nitrogen and oxygen atoms in total. The SMILES string of the molecule is O=C(Nc1nc2c(s1)C(=O)CCC2)c1cccc(C(=O)Nc2nc3c(s2)C(=O)CCC3)n1. The van der Waals surface area contributed by atoms with Crippen molar-refractivity contribution in [1.29, 1.82) is 0 Å². The van der Waals surface area contributed by atoms with Gasteiger partial charge in [-0.1, -0.05) is 28.7 Å². The van der Waals surface area contributed by atoms with E-state index in [0.717, 1.165) is 35.5 Å². The highest BCUT2D eigenvalue weighted by atomic mass is 32.1. The Hall–Kier alpha value is -3.31. The Morgan fingerprint density at radius 3 is 1.62 bits per heavy atom. The van der Waals surface area contributed by atoms with E-state index < -0.39 is 11.8 Å². The molecule has 5 rings (SSSR count). The maximum atomic E-state index is 12.6. The van der Waals surface area contributed by atoms with Crippen LogP contribution in [0.3, 0.4) is 0 Å². The van der Waals surface area contributed by atoms with Crippen LogP contribution in [0.5, 0.6) is 0 Å². The zero-order valence-electron chi connectivity index (χ0n) is 16.8. The Morgan fingerprint density at radius 2 is 1.19 bits per heavy atom. The molecule has 3 aromatic heterocycles. The van der Waals surface area contributed by atoms with Crippen molar-refractivity contribution < 1.29 is 19.2 Å². The van der Waals surface area contributed by atoms with Crippen LogP contribution in [0, 0.1) is 0 Å². The van der Waals surface area contributed by atoms with Crippen LogP contribution >= 0.6 is 22.7 Å². The van der Waals surface area contributed by atoms with Crippen molar-refractivity contribution in [2.45, 2.75) is 38.5 Å². The lowest BCUT2D eigenvalue weighted by atomic mass is 10.0. The third-order valence-electron chi connectivity index (χ3n) is 5.19. The number of nitrogens with one attached hydrogen (secondary N) is 2. The number of aromatic nitrogens is 3. The van der Waals surface area contributed by atoms with Gasteiger partial charge in [0, 0.05) is 12.8 Å². The summed E-state index contributed by atoms with van der Waals surface area (Å²) in [5, 5.41) is 6.00. The number of Topliss-reactive ketones (excluding diaryl/α,β-unsaturated/α-hetero) is 2. The van der Waals surface area contributed by atoms with Crippen molar-refractivity contribution >= 4 is 56.3 Å². The van der Waals surface area contributed by atoms with Crippen molar-refractivity contribution in [3.63, 3.8) is 0 Å². The van der Waals surface area contributed by atoms with Crippen LogP contribution in [0.2, 0.25) is 0 Å². The summed E-state index contributed by atoms with van der Waals surface area (Å²) in [5.41, 5.74) is 1.52. The van der Waals surface area contributed by atoms with Gasteiger partial charge in [-0.15, -0.1) is 0 Å². The number of hydrogen-bond donors (Lipinski definition) is 2. The molecule has 0 bridgehead atoms. The third kappa shape index (κ3) is 3.96. The molecule has 0 saturated carbocycles. The first-order valence-corrected chi connectivity index (χ1v) is 11.8. The van der Waals surface area contributed by atoms with Gasteiger partial charge >= 0.3 is 0 Å². The number of anilines is 2. The summed E-state index contributed by atoms with van der Waals surface area (Å²) in [6.45, 7) is 0. The van der Waals surface area contributed by atoms with Gasteiger partial charge in [-0.3, -0.25) is 29.8 Å². The van der Waals surface area contributed by atoms with Crippen molar-refractivity contribution in [1.82, 2.24) is 15.0 Å². The Labute approximate surface area is 190 Å². The van der Waals surface area contributed by atoms with Crippen molar-refractivity contribution in [2.24, 2.45) is 0 Å². The molecule has 0 atom stereocenters. The fourth-order valence-electron chi connectivity index (χ4n) is 3.65. The normalized spacial score (nSPS) is 15.1. The average molecular weight is 468 g/mol. The number of carbonyl (C=O) groups is 4. The Kier molecular flexibility index (Phi) is 5.35. The van der Waals surface area contributed by atoms with Gasteiger partial charge in [0.05, 0.1) is 21.1 Å². The van der Waals surface area contributed by atoms with Crippen LogP contribution in [0.15, 0.2) is 18.2 Å². The zero-order valence-corrected chi connectivity index (χ0v) is 18.4. The third-order valence-corrected chi connectivity index (χ3v) is 7.30. The largest absolute Gasteiger partial charge is 0.296 e. The Bertz CT molecular complexity index is 1190. The van der Waals surface area contributed by atoms with E-state index in [-0.39, 0.29) is 23.0 Å². The van der Waals surface area contributed by atoms with E-state index in [2.05, 4.69) is 25.6 Å². The number of carbonyl (C=O) groups excluding carboxylic acids is 4. The molecule has 32 heavy (non-hydrogen) atoms. The number of nitrogens with zero attached hydrogens (tertiary/aromatic N) is 3. The van der Waals surface area contributed by atoms with Crippen LogP contribution in [0.1, 0.15) is 77.4 Å². The molecule has 2 aliphatic carbocycles. The first-order chi connectivity index (χ1) is 15.5. The number of ketones is 2. The van der Waals surface area contributed by atoms with Crippen LogP contribution in [-0.4, -0.2) is 38.3 Å². The molecule has 2 amide bonds. The summed E-state index contributed by atoms with van der Waals surface area (Å²) >= 11 is 2.32. The minimum atomic E-state index is -0.520. The summed E-state index contributed by atoms with van der Waals surface area (Å²) in [7, 11) is 0. The predicted octanol–water partition coefficient (Wildman–Crippen LogP) is 3.54. The summed E-state index contributed by atoms with van der Waals surface area (Å²) in [6, 6.07) is 4.54. The van der Waals surface area contributed by atoms with E-state index in [4.69, 9.17) is 0 Å². The zero-order chi connectivity index (χ0) is 22.2. The lowest BCUT2D eigenvalue weighted by Gasteiger charge is -2.05. The molecule has 0 saturated heterocycles. The van der Waals surface area contributed by atoms with E-state index in [1.807, 2.05) is 0 Å². The van der Waals surface area contributed by atoms with Gasteiger partial charge in [-0.25, -0.2) is 15.0 Å². The topological polar surface area (TPSA) is 131 Å². The number of rotatable bonds is 4. The molecule has 0 spiro atoms. The summed E-state index contributed by atoms with van der Waals surface area (Å²) in [4.78, 5) is 63.3. The lowest BCUT2D eigenvalue weighted by Crippen LogP contribution is -2.18. The highest BCUT2D eigenvalue weighted by Gasteiger charge is 2.25. The number of aryl methyl sites for hydroxylation is 2. The van der Waals surface area contributed by atoms with Crippen LogP contribution < -0.4 is 10.6 Å². The predicted molar refractivity (Wildman–Crippen MR) is 119 cm³/mol. The van der Waals surface area contributed by atoms with E-state index in [1.165, 1.54) is 12.1 Å². The summed E-state index contributed by atoms with van der Waals surface area (Å²) in [5.74, 6) is -0.944. The second kappa shape index (κ2) is 8.32. The van der Waals surface area contributed by atoms with Gasteiger partial charge < -0.3 is 0 Å². The summed E-state index contributed by atoms with van der Waals surface area (Å²) < 4.78 is 0. The van der Waals surface area contributed by atoms with Gasteiger partial charge in [0.15, 0.2) is 21.8 Å². The fourth-order valence-corrected chi connectivity index (χ4v) is 5.60. The van der Waals surface area contributed by atoms with Crippen molar-refractivity contribution in [3.05, 3.63) is 50.7 Å². The van der Waals surface area contributed by atoms with Crippen molar-refractivity contribution in [3.8, 4) is 0 Å². The maximum Gasteiger partial charge on any atom is 0.276 e. The van der Waals surface area contributed by atoms with Gasteiger partial charge in [0.25, 0.3) is 11.8 Å². The molecule has 0 fully saturated rings. The molecule has 0 aliphatic heterocycles. The monoisotopic (exact) mass is 467 g/mol. The maximum absolute atomic E-state index is 12.6. The number of fused-ring (bicyclic) bond motifs is 2. The average Bonchev–Trinajstić information content (AvgIpc) is 3.39. The Morgan fingerprint density at radius 1 is 0.719 bits per heavy atom. The van der Waals surface area contributed by atoms with Crippen LogP contribution in [0.25, 0.3) is 0 Å². The summed E-state index contributed by atoms with van der Waals surface area (Å²) in [6.07, 6.45) is 3.95. The number of pyridine rings is 1. The Balaban J connectivity index is 1.30. The van der Waals surface area contributed by atoms with Gasteiger partial charge in [0.1, 0.15) is 11.4 Å². The molecule has 11 heteroatoms. The first-order valence-electron chi connectivity index (χ1n) is 10.1. The molecule has 0 radical (unpaired) electrons. The molecule has 0 unspecified atom stereocenters. The first kappa shape index (κ1) is 20.6. The molecule has 3 aromatic rings. The van der Waals surface area contributed by atoms with Gasteiger partial charge in [-0.05, 0) is 37.8 Å². The second-order valence-electron chi connectivity index (χ2n) is 7.46. The quantitative estimate of drug-likeness (QED) is 0.600. The number of thiazole rings is 2.